The Morgan fingerprint density at radius 2 is 2.04 bits per heavy atom. The molecule has 0 unspecified atom stereocenters. The molecule has 11 heteroatoms. The average Bonchev–Trinajstić information content (AvgIpc) is 3.40. The third-order valence-electron chi connectivity index (χ3n) is 5.00. The van der Waals surface area contributed by atoms with Crippen molar-refractivity contribution in [1.82, 2.24) is 0 Å². The molecule has 4 rings (SSSR count). The summed E-state index contributed by atoms with van der Waals surface area (Å²) in [5, 5.41) is 2.95. The molecule has 2 aliphatic heterocycles. The number of hydrogen-bond acceptors (Lipinski definition) is 5. The molecule has 2 fully saturated rings. The predicted molar refractivity (Wildman–Crippen MR) is 94.6 cm³/mol. The lowest BCUT2D eigenvalue weighted by Crippen LogP contribution is -2.51. The molecule has 2 atom stereocenters. The van der Waals surface area contributed by atoms with Gasteiger partial charge in [-0.3, -0.25) is 0 Å². The molecule has 1 aromatic rings. The molecule has 1 aromatic carbocycles. The maximum atomic E-state index is 14.3. The van der Waals surface area contributed by atoms with Crippen LogP contribution < -0.4 is 10.2 Å². The Bertz CT molecular complexity index is 928. The summed E-state index contributed by atoms with van der Waals surface area (Å²) in [7, 11) is -4.14. The summed E-state index contributed by atoms with van der Waals surface area (Å²) in [6.07, 6.45) is -4.43. The molecule has 1 N–H and O–H groups in total. The molecule has 1 saturated carbocycles. The molecule has 0 spiro atoms. The number of ether oxygens (including phenoxy) is 1. The van der Waals surface area contributed by atoms with Crippen molar-refractivity contribution in [3.63, 3.8) is 0 Å². The van der Waals surface area contributed by atoms with Crippen LogP contribution in [0.3, 0.4) is 0 Å². The van der Waals surface area contributed by atoms with Crippen molar-refractivity contribution >= 4 is 27.2 Å². The average molecular weight is 421 g/mol. The summed E-state index contributed by atoms with van der Waals surface area (Å²) in [5.74, 6) is -0.626. The summed E-state index contributed by atoms with van der Waals surface area (Å²) in [6, 6.07) is 0.824. The standard InChI is InChI=1S/C17H19F4N3O3S/c1-9-7-24(12(8-27-9)6-17(19,20)21)13-4-11(18)5-14-15(13)22-16(10-2-3-10)23-28(14,25)26/h4-5,9-10,12H,2-3,6-8H2,1H3,(H,22,23)/t9-,12-/m0/s1. The summed E-state index contributed by atoms with van der Waals surface area (Å²) in [6.45, 7) is 1.58. The minimum atomic E-state index is -4.44. The van der Waals surface area contributed by atoms with Crippen LogP contribution in [0.15, 0.2) is 21.4 Å². The number of anilines is 2. The first kappa shape index (κ1) is 19.4. The lowest BCUT2D eigenvalue weighted by Gasteiger charge is -2.42. The Hall–Kier alpha value is -1.88. The number of morpholine rings is 1. The normalized spacial score (nSPS) is 27.0. The summed E-state index contributed by atoms with van der Waals surface area (Å²) < 4.78 is 87.7. The van der Waals surface area contributed by atoms with Gasteiger partial charge in [-0.2, -0.15) is 21.6 Å². The van der Waals surface area contributed by atoms with Crippen molar-refractivity contribution in [2.75, 3.05) is 23.4 Å². The second-order valence-corrected chi connectivity index (χ2v) is 8.99. The number of benzene rings is 1. The molecule has 154 valence electrons. The second kappa shape index (κ2) is 6.58. The monoisotopic (exact) mass is 421 g/mol. The van der Waals surface area contributed by atoms with Crippen LogP contribution in [-0.2, 0) is 14.8 Å². The van der Waals surface area contributed by atoms with Crippen LogP contribution in [0.5, 0.6) is 0 Å². The number of rotatable bonds is 3. The summed E-state index contributed by atoms with van der Waals surface area (Å²) in [4.78, 5) is 1.03. The molecule has 1 saturated heterocycles. The molecule has 1 aliphatic carbocycles. The van der Waals surface area contributed by atoms with E-state index < -0.39 is 34.5 Å². The minimum absolute atomic E-state index is 0.0320. The molecule has 0 amide bonds. The molecule has 3 aliphatic rings. The van der Waals surface area contributed by atoms with Gasteiger partial charge in [0.1, 0.15) is 16.5 Å². The van der Waals surface area contributed by atoms with Gasteiger partial charge in [0, 0.05) is 12.5 Å². The highest BCUT2D eigenvalue weighted by Crippen LogP contribution is 2.43. The van der Waals surface area contributed by atoms with Crippen LogP contribution in [0.4, 0.5) is 28.9 Å². The number of fused-ring (bicyclic) bond motifs is 1. The molecule has 0 aromatic heterocycles. The van der Waals surface area contributed by atoms with E-state index in [-0.39, 0.29) is 47.3 Å². The van der Waals surface area contributed by atoms with Gasteiger partial charge in [0.25, 0.3) is 10.0 Å². The molecular formula is C17H19F4N3O3S. The molecular weight excluding hydrogens is 402 g/mol. The van der Waals surface area contributed by atoms with E-state index >= 15 is 0 Å². The smallest absolute Gasteiger partial charge is 0.375 e. The van der Waals surface area contributed by atoms with Crippen molar-refractivity contribution in [2.24, 2.45) is 10.3 Å². The first-order chi connectivity index (χ1) is 13.0. The highest BCUT2D eigenvalue weighted by Gasteiger charge is 2.41. The second-order valence-electron chi connectivity index (χ2n) is 7.42. The van der Waals surface area contributed by atoms with Crippen LogP contribution in [-0.4, -0.2) is 45.7 Å². The number of hydrogen-bond donors (Lipinski definition) is 1. The number of sulfonamides is 1. The zero-order chi connectivity index (χ0) is 20.3. The number of amidine groups is 1. The van der Waals surface area contributed by atoms with Crippen molar-refractivity contribution in [3.05, 3.63) is 17.9 Å². The zero-order valence-corrected chi connectivity index (χ0v) is 15.8. The van der Waals surface area contributed by atoms with Gasteiger partial charge in [-0.25, -0.2) is 4.39 Å². The van der Waals surface area contributed by atoms with E-state index in [0.717, 1.165) is 25.0 Å². The Morgan fingerprint density at radius 3 is 2.68 bits per heavy atom. The van der Waals surface area contributed by atoms with Crippen LogP contribution in [0.25, 0.3) is 0 Å². The zero-order valence-electron chi connectivity index (χ0n) is 15.0. The van der Waals surface area contributed by atoms with Gasteiger partial charge in [0.15, 0.2) is 0 Å². The van der Waals surface area contributed by atoms with Crippen LogP contribution in [0, 0.1) is 11.7 Å². The fourth-order valence-electron chi connectivity index (χ4n) is 3.56. The van der Waals surface area contributed by atoms with Gasteiger partial charge >= 0.3 is 6.18 Å². The van der Waals surface area contributed by atoms with Gasteiger partial charge in [-0.05, 0) is 31.9 Å². The number of nitrogens with zero attached hydrogens (tertiary/aromatic N) is 2. The lowest BCUT2D eigenvalue weighted by molar-refractivity contribution is -0.145. The quantitative estimate of drug-likeness (QED) is 0.759. The minimum Gasteiger partial charge on any atom is -0.375 e. The molecule has 0 bridgehead atoms. The largest absolute Gasteiger partial charge is 0.391 e. The summed E-state index contributed by atoms with van der Waals surface area (Å²) >= 11 is 0. The predicted octanol–water partition coefficient (Wildman–Crippen LogP) is 3.29. The Balaban J connectivity index is 1.80. The number of alkyl halides is 3. The lowest BCUT2D eigenvalue weighted by atomic mass is 10.1. The van der Waals surface area contributed by atoms with Crippen molar-refractivity contribution in [3.8, 4) is 0 Å². The van der Waals surface area contributed by atoms with Gasteiger partial charge in [0.05, 0.1) is 36.5 Å². The van der Waals surface area contributed by atoms with Crippen LogP contribution in [0.1, 0.15) is 26.2 Å². The topological polar surface area (TPSA) is 71.0 Å². The van der Waals surface area contributed by atoms with E-state index in [1.54, 1.807) is 6.92 Å². The highest BCUT2D eigenvalue weighted by atomic mass is 32.2. The van der Waals surface area contributed by atoms with Crippen molar-refractivity contribution in [2.45, 2.75) is 49.4 Å². The van der Waals surface area contributed by atoms with Gasteiger partial charge in [-0.1, -0.05) is 0 Å². The Kier molecular flexibility index (Phi) is 4.57. The van der Waals surface area contributed by atoms with Crippen LogP contribution in [0.2, 0.25) is 0 Å². The molecule has 6 nitrogen and oxygen atoms in total. The SMILES string of the molecule is C[C@H]1CN(c2cc(F)cc3c2NC(C2CC2)=NS3(=O)=O)[C@@H](CC(F)(F)F)CO1. The molecule has 0 radical (unpaired) electrons. The fourth-order valence-corrected chi connectivity index (χ4v) is 4.79. The van der Waals surface area contributed by atoms with Gasteiger partial charge in [0.2, 0.25) is 0 Å². The molecule has 28 heavy (non-hydrogen) atoms. The summed E-state index contributed by atoms with van der Waals surface area (Å²) in [5.41, 5.74) is 0.163. The first-order valence-electron chi connectivity index (χ1n) is 8.94. The highest BCUT2D eigenvalue weighted by molar-refractivity contribution is 7.90. The van der Waals surface area contributed by atoms with Crippen molar-refractivity contribution in [1.29, 1.82) is 0 Å². The van der Waals surface area contributed by atoms with E-state index in [1.165, 1.54) is 4.90 Å². The number of nitrogens with one attached hydrogen (secondary N) is 1. The van der Waals surface area contributed by atoms with E-state index in [1.807, 2.05) is 0 Å². The van der Waals surface area contributed by atoms with Gasteiger partial charge in [-0.15, -0.1) is 4.40 Å². The van der Waals surface area contributed by atoms with Crippen LogP contribution >= 0.6 is 0 Å². The molecule has 2 heterocycles. The van der Waals surface area contributed by atoms with Crippen molar-refractivity contribution < 1.29 is 30.7 Å². The third-order valence-corrected chi connectivity index (χ3v) is 6.32. The number of halogens is 4. The Morgan fingerprint density at radius 1 is 1.32 bits per heavy atom. The van der Waals surface area contributed by atoms with E-state index in [4.69, 9.17) is 4.74 Å². The van der Waals surface area contributed by atoms with E-state index in [9.17, 15) is 26.0 Å². The van der Waals surface area contributed by atoms with E-state index in [2.05, 4.69) is 9.71 Å². The maximum Gasteiger partial charge on any atom is 0.391 e. The third kappa shape index (κ3) is 3.82. The van der Waals surface area contributed by atoms with E-state index in [0.29, 0.717) is 0 Å². The Labute approximate surface area is 159 Å². The first-order valence-corrected chi connectivity index (χ1v) is 10.4. The maximum absolute atomic E-state index is 14.3. The fraction of sp³-hybridized carbons (Fsp3) is 0.588. The van der Waals surface area contributed by atoms with Gasteiger partial charge < -0.3 is 15.0 Å².